The summed E-state index contributed by atoms with van der Waals surface area (Å²) in [6, 6.07) is 9.72. The van der Waals surface area contributed by atoms with Gasteiger partial charge in [0.2, 0.25) is 0 Å². The molecule has 0 radical (unpaired) electrons. The second-order valence-corrected chi connectivity index (χ2v) is 10.4. The van der Waals surface area contributed by atoms with Crippen LogP contribution in [0.15, 0.2) is 36.4 Å². The summed E-state index contributed by atoms with van der Waals surface area (Å²) in [5.41, 5.74) is 2.04. The number of esters is 1. The molecule has 0 amide bonds. The molecular formula is C31H41FO4. The lowest BCUT2D eigenvalue weighted by atomic mass is 9.76. The van der Waals surface area contributed by atoms with Crippen molar-refractivity contribution in [1.29, 1.82) is 0 Å². The number of carbonyl (C=O) groups is 2. The van der Waals surface area contributed by atoms with Gasteiger partial charge < -0.3 is 9.84 Å². The van der Waals surface area contributed by atoms with Crippen LogP contribution in [0.3, 0.4) is 0 Å². The molecule has 0 aliphatic heterocycles. The van der Waals surface area contributed by atoms with Gasteiger partial charge in [-0.05, 0) is 91.7 Å². The van der Waals surface area contributed by atoms with Gasteiger partial charge in [0.1, 0.15) is 5.82 Å². The Morgan fingerprint density at radius 2 is 1.67 bits per heavy atom. The number of halogens is 1. The fraction of sp³-hybridized carbons (Fsp3) is 0.548. The zero-order chi connectivity index (χ0) is 26.2. The summed E-state index contributed by atoms with van der Waals surface area (Å²) in [6.07, 6.45) is 9.48. The smallest absolute Gasteiger partial charge is 0.341 e. The van der Waals surface area contributed by atoms with E-state index in [0.29, 0.717) is 23.0 Å². The molecule has 2 aromatic carbocycles. The molecular weight excluding hydrogens is 455 g/mol. The highest BCUT2D eigenvalue weighted by atomic mass is 19.1. The lowest BCUT2D eigenvalue weighted by molar-refractivity contribution is 0.0280. The van der Waals surface area contributed by atoms with Crippen molar-refractivity contribution in [3.8, 4) is 11.1 Å². The topological polar surface area (TPSA) is 63.6 Å². The molecule has 0 spiro atoms. The maximum absolute atomic E-state index is 15.1. The van der Waals surface area contributed by atoms with Crippen LogP contribution in [0.4, 0.5) is 4.39 Å². The first-order chi connectivity index (χ1) is 17.3. The maximum atomic E-state index is 15.1. The number of carbonyl (C=O) groups excluding carboxylic acids is 1. The lowest BCUT2D eigenvalue weighted by Crippen LogP contribution is -2.19. The Balaban J connectivity index is 1.81. The van der Waals surface area contributed by atoms with Gasteiger partial charge in [0.15, 0.2) is 0 Å². The van der Waals surface area contributed by atoms with Gasteiger partial charge in [-0.3, -0.25) is 0 Å². The minimum Gasteiger partial charge on any atom is -0.478 e. The van der Waals surface area contributed by atoms with E-state index >= 15 is 4.39 Å². The highest BCUT2D eigenvalue weighted by molar-refractivity contribution is 5.97. The molecule has 1 fully saturated rings. The SMILES string of the molecule is CCCC1CCC(c2ccc(C(=O)O)c(-c3ccc(C(=O)O[C@H](C)CC(CC)CC)c(F)c3)c2)CC1. The summed E-state index contributed by atoms with van der Waals surface area (Å²) in [7, 11) is 0. The highest BCUT2D eigenvalue weighted by Gasteiger charge is 2.24. The van der Waals surface area contributed by atoms with Crippen LogP contribution in [0.25, 0.3) is 11.1 Å². The third-order valence-corrected chi connectivity index (χ3v) is 7.92. The standard InChI is InChI=1S/C31H41FO4/c1-5-8-22-9-11-23(12-10-22)24-13-15-26(30(33)34)28(18-24)25-14-16-27(29(32)19-25)31(35)36-20(4)17-21(6-2)7-3/h13-16,18-23H,5-12,17H2,1-4H3,(H,33,34)/t20-,22?,23?/m1/s1. The van der Waals surface area contributed by atoms with E-state index in [4.69, 9.17) is 4.74 Å². The zero-order valence-electron chi connectivity index (χ0n) is 22.2. The highest BCUT2D eigenvalue weighted by Crippen LogP contribution is 2.39. The van der Waals surface area contributed by atoms with Crippen LogP contribution < -0.4 is 0 Å². The Kier molecular flexibility index (Phi) is 10.1. The molecule has 1 atom stereocenters. The molecule has 1 aliphatic rings. The second-order valence-electron chi connectivity index (χ2n) is 10.4. The summed E-state index contributed by atoms with van der Waals surface area (Å²) in [4.78, 5) is 24.6. The number of hydrogen-bond acceptors (Lipinski definition) is 3. The van der Waals surface area contributed by atoms with E-state index in [1.807, 2.05) is 19.1 Å². The van der Waals surface area contributed by atoms with Crippen LogP contribution in [0, 0.1) is 17.7 Å². The van der Waals surface area contributed by atoms with Crippen LogP contribution in [-0.4, -0.2) is 23.1 Å². The van der Waals surface area contributed by atoms with Crippen LogP contribution >= 0.6 is 0 Å². The van der Waals surface area contributed by atoms with Crippen molar-refractivity contribution >= 4 is 11.9 Å². The Hall–Kier alpha value is -2.69. The van der Waals surface area contributed by atoms with Crippen molar-refractivity contribution in [2.45, 2.75) is 97.5 Å². The molecule has 2 aromatic rings. The van der Waals surface area contributed by atoms with Gasteiger partial charge >= 0.3 is 11.9 Å². The van der Waals surface area contributed by atoms with Gasteiger partial charge in [-0.25, -0.2) is 14.0 Å². The summed E-state index contributed by atoms with van der Waals surface area (Å²) in [5, 5.41) is 9.78. The molecule has 1 N–H and O–H groups in total. The molecule has 0 saturated heterocycles. The third-order valence-electron chi connectivity index (χ3n) is 7.92. The Labute approximate surface area is 215 Å². The molecule has 3 rings (SSSR count). The number of carboxylic acids is 1. The quantitative estimate of drug-likeness (QED) is 0.316. The fourth-order valence-corrected chi connectivity index (χ4v) is 5.67. The Bertz CT molecular complexity index is 1030. The largest absolute Gasteiger partial charge is 0.478 e. The minimum atomic E-state index is -1.05. The van der Waals surface area contributed by atoms with Crippen molar-refractivity contribution < 1.29 is 23.8 Å². The molecule has 1 aliphatic carbocycles. The van der Waals surface area contributed by atoms with E-state index in [2.05, 4.69) is 20.8 Å². The summed E-state index contributed by atoms with van der Waals surface area (Å²) in [5.74, 6) is -0.813. The van der Waals surface area contributed by atoms with E-state index in [1.54, 1.807) is 12.1 Å². The maximum Gasteiger partial charge on any atom is 0.341 e. The monoisotopic (exact) mass is 496 g/mol. The molecule has 0 aromatic heterocycles. The first-order valence-corrected chi connectivity index (χ1v) is 13.6. The van der Waals surface area contributed by atoms with Gasteiger partial charge in [-0.15, -0.1) is 0 Å². The molecule has 36 heavy (non-hydrogen) atoms. The predicted molar refractivity (Wildman–Crippen MR) is 142 cm³/mol. The van der Waals surface area contributed by atoms with Crippen LogP contribution in [0.5, 0.6) is 0 Å². The van der Waals surface area contributed by atoms with Gasteiger partial charge in [0.05, 0.1) is 17.2 Å². The molecule has 1 saturated carbocycles. The minimum absolute atomic E-state index is 0.127. The van der Waals surface area contributed by atoms with E-state index in [0.717, 1.165) is 43.6 Å². The predicted octanol–water partition coefficient (Wildman–Crippen LogP) is 8.64. The van der Waals surface area contributed by atoms with Crippen molar-refractivity contribution in [2.75, 3.05) is 0 Å². The number of aromatic carboxylic acids is 1. The number of carboxylic acid groups (broad SMARTS) is 1. The van der Waals surface area contributed by atoms with Crippen molar-refractivity contribution in [1.82, 2.24) is 0 Å². The molecule has 0 unspecified atom stereocenters. The summed E-state index contributed by atoms with van der Waals surface area (Å²) in [6.45, 7) is 8.28. The molecule has 0 bridgehead atoms. The molecule has 4 nitrogen and oxygen atoms in total. The second kappa shape index (κ2) is 13.0. The molecule has 0 heterocycles. The van der Waals surface area contributed by atoms with E-state index in [9.17, 15) is 14.7 Å². The molecule has 5 heteroatoms. The van der Waals surface area contributed by atoms with Crippen molar-refractivity contribution in [2.24, 2.45) is 11.8 Å². The van der Waals surface area contributed by atoms with Crippen LogP contribution in [0.2, 0.25) is 0 Å². The van der Waals surface area contributed by atoms with Crippen LogP contribution in [0.1, 0.15) is 118 Å². The van der Waals surface area contributed by atoms with Gasteiger partial charge in [0.25, 0.3) is 0 Å². The normalized spacial score (nSPS) is 18.7. The number of benzene rings is 2. The van der Waals surface area contributed by atoms with Gasteiger partial charge in [-0.2, -0.15) is 0 Å². The van der Waals surface area contributed by atoms with Crippen molar-refractivity contribution in [3.63, 3.8) is 0 Å². The Morgan fingerprint density at radius 1 is 1.00 bits per heavy atom. The first-order valence-electron chi connectivity index (χ1n) is 13.6. The number of ether oxygens (including phenoxy) is 1. The van der Waals surface area contributed by atoms with Gasteiger partial charge in [-0.1, -0.05) is 64.7 Å². The number of hydrogen-bond donors (Lipinski definition) is 1. The fourth-order valence-electron chi connectivity index (χ4n) is 5.67. The molecule has 196 valence electrons. The summed E-state index contributed by atoms with van der Waals surface area (Å²) >= 11 is 0. The van der Waals surface area contributed by atoms with E-state index < -0.39 is 17.8 Å². The third kappa shape index (κ3) is 6.96. The average molecular weight is 497 g/mol. The summed E-state index contributed by atoms with van der Waals surface area (Å²) < 4.78 is 20.6. The zero-order valence-corrected chi connectivity index (χ0v) is 22.2. The van der Waals surface area contributed by atoms with Crippen LogP contribution in [-0.2, 0) is 4.74 Å². The van der Waals surface area contributed by atoms with Crippen molar-refractivity contribution in [3.05, 3.63) is 58.9 Å². The van der Waals surface area contributed by atoms with E-state index in [1.165, 1.54) is 37.8 Å². The van der Waals surface area contributed by atoms with E-state index in [-0.39, 0.29) is 17.2 Å². The van der Waals surface area contributed by atoms with Gasteiger partial charge in [0, 0.05) is 0 Å². The Morgan fingerprint density at radius 3 is 2.25 bits per heavy atom. The first kappa shape index (κ1) is 27.9. The number of rotatable bonds is 11. The lowest BCUT2D eigenvalue weighted by Gasteiger charge is -2.29. The average Bonchev–Trinajstić information content (AvgIpc) is 2.87.